The van der Waals surface area contributed by atoms with Crippen molar-refractivity contribution in [3.8, 4) is 0 Å². The van der Waals surface area contributed by atoms with Crippen LogP contribution in [0.1, 0.15) is 10.5 Å². The normalized spacial score (nSPS) is 9.87. The van der Waals surface area contributed by atoms with Crippen LogP contribution in [0, 0.1) is 3.95 Å². The summed E-state index contributed by atoms with van der Waals surface area (Å²) in [5, 5.41) is 4.47. The number of benzene rings is 1. The van der Waals surface area contributed by atoms with Crippen molar-refractivity contribution in [3.05, 3.63) is 45.4 Å². The molecule has 0 saturated carbocycles. The average Bonchev–Trinajstić information content (AvgIpc) is 2.66. The zero-order valence-corrected chi connectivity index (χ0v) is 9.32. The van der Waals surface area contributed by atoms with Crippen molar-refractivity contribution >= 4 is 35.1 Å². The molecule has 0 atom stereocenters. The standard InChI is InChI=1S/C10H8N2OS2/c13-9(8-6-15-10(14)12-8)11-7-4-2-1-3-5-7/h1-6H,(H,11,13)(H,12,14). The Morgan fingerprint density at radius 3 is 2.67 bits per heavy atom. The van der Waals surface area contributed by atoms with Gasteiger partial charge in [0.2, 0.25) is 0 Å². The molecular weight excluding hydrogens is 228 g/mol. The van der Waals surface area contributed by atoms with Gasteiger partial charge in [-0.25, -0.2) is 0 Å². The quantitative estimate of drug-likeness (QED) is 0.787. The molecule has 0 bridgehead atoms. The molecule has 2 rings (SSSR count). The van der Waals surface area contributed by atoms with Gasteiger partial charge in [0.15, 0.2) is 3.95 Å². The van der Waals surface area contributed by atoms with Gasteiger partial charge in [-0.05, 0) is 24.4 Å². The molecule has 1 aromatic carbocycles. The van der Waals surface area contributed by atoms with Gasteiger partial charge in [-0.15, -0.1) is 11.3 Å². The summed E-state index contributed by atoms with van der Waals surface area (Å²) in [4.78, 5) is 14.5. The second-order valence-corrected chi connectivity index (χ2v) is 4.43. The topological polar surface area (TPSA) is 44.9 Å². The zero-order valence-electron chi connectivity index (χ0n) is 7.69. The van der Waals surface area contributed by atoms with Crippen LogP contribution in [0.15, 0.2) is 35.7 Å². The number of hydrogen-bond acceptors (Lipinski definition) is 3. The number of carbonyl (C=O) groups is 1. The first-order valence-corrected chi connectivity index (χ1v) is 5.59. The average molecular weight is 236 g/mol. The van der Waals surface area contributed by atoms with Crippen molar-refractivity contribution < 1.29 is 4.79 Å². The van der Waals surface area contributed by atoms with Gasteiger partial charge in [0.05, 0.1) is 0 Å². The number of thiazole rings is 1. The Bertz CT molecular complexity index is 515. The molecule has 0 fully saturated rings. The van der Waals surface area contributed by atoms with E-state index < -0.39 is 0 Å². The van der Waals surface area contributed by atoms with Gasteiger partial charge in [0, 0.05) is 11.1 Å². The fourth-order valence-corrected chi connectivity index (χ4v) is 1.93. The first-order chi connectivity index (χ1) is 7.25. The van der Waals surface area contributed by atoms with E-state index in [1.165, 1.54) is 11.3 Å². The van der Waals surface area contributed by atoms with Crippen molar-refractivity contribution in [3.63, 3.8) is 0 Å². The second-order valence-electron chi connectivity index (χ2n) is 2.88. The highest BCUT2D eigenvalue weighted by atomic mass is 32.1. The first-order valence-electron chi connectivity index (χ1n) is 4.30. The van der Waals surface area contributed by atoms with E-state index >= 15 is 0 Å². The third kappa shape index (κ3) is 2.51. The van der Waals surface area contributed by atoms with E-state index in [1.807, 2.05) is 30.3 Å². The number of aromatic amines is 1. The minimum Gasteiger partial charge on any atom is -0.333 e. The molecule has 0 aliphatic carbocycles. The van der Waals surface area contributed by atoms with Crippen LogP contribution in [0.5, 0.6) is 0 Å². The lowest BCUT2D eigenvalue weighted by Gasteiger charge is -2.01. The summed E-state index contributed by atoms with van der Waals surface area (Å²) in [5.74, 6) is -0.173. The van der Waals surface area contributed by atoms with Crippen molar-refractivity contribution in [1.82, 2.24) is 4.98 Å². The summed E-state index contributed by atoms with van der Waals surface area (Å²) >= 11 is 6.24. The Balaban J connectivity index is 2.14. The Kier molecular flexibility index (Phi) is 2.94. The molecule has 2 N–H and O–H groups in total. The largest absolute Gasteiger partial charge is 0.333 e. The SMILES string of the molecule is O=C(Nc1ccccc1)c1csc(=S)[nH]1. The number of anilines is 1. The predicted molar refractivity (Wildman–Crippen MR) is 63.9 cm³/mol. The van der Waals surface area contributed by atoms with E-state index in [0.29, 0.717) is 9.65 Å². The number of H-pyrrole nitrogens is 1. The highest BCUT2D eigenvalue weighted by Crippen LogP contribution is 2.09. The summed E-state index contributed by atoms with van der Waals surface area (Å²) in [6, 6.07) is 9.29. The molecule has 76 valence electrons. The lowest BCUT2D eigenvalue weighted by atomic mass is 10.3. The van der Waals surface area contributed by atoms with Crippen LogP contribution in [0.25, 0.3) is 0 Å². The van der Waals surface area contributed by atoms with Crippen LogP contribution >= 0.6 is 23.6 Å². The molecule has 15 heavy (non-hydrogen) atoms. The molecule has 0 aliphatic rings. The Morgan fingerprint density at radius 1 is 1.33 bits per heavy atom. The molecule has 1 aromatic heterocycles. The Hall–Kier alpha value is -1.46. The number of nitrogens with one attached hydrogen (secondary N) is 2. The monoisotopic (exact) mass is 236 g/mol. The van der Waals surface area contributed by atoms with E-state index in [2.05, 4.69) is 10.3 Å². The maximum absolute atomic E-state index is 11.6. The predicted octanol–water partition coefficient (Wildman–Crippen LogP) is 3.06. The van der Waals surface area contributed by atoms with E-state index in [1.54, 1.807) is 5.38 Å². The minimum atomic E-state index is -0.173. The fraction of sp³-hybridized carbons (Fsp3) is 0. The highest BCUT2D eigenvalue weighted by Gasteiger charge is 2.06. The van der Waals surface area contributed by atoms with Crippen LogP contribution in [0.2, 0.25) is 0 Å². The van der Waals surface area contributed by atoms with Crippen molar-refractivity contribution in [2.24, 2.45) is 0 Å². The van der Waals surface area contributed by atoms with Gasteiger partial charge in [0.1, 0.15) is 5.69 Å². The summed E-state index contributed by atoms with van der Waals surface area (Å²) in [7, 11) is 0. The maximum atomic E-state index is 11.6. The molecule has 1 amide bonds. The first kappa shape index (κ1) is 10.1. The second kappa shape index (κ2) is 4.37. The smallest absolute Gasteiger partial charge is 0.272 e. The lowest BCUT2D eigenvalue weighted by Crippen LogP contribution is -2.11. The highest BCUT2D eigenvalue weighted by molar-refractivity contribution is 7.73. The summed E-state index contributed by atoms with van der Waals surface area (Å²) in [6.07, 6.45) is 0. The molecule has 2 aromatic rings. The van der Waals surface area contributed by atoms with E-state index in [-0.39, 0.29) is 5.91 Å². The number of aromatic nitrogens is 1. The van der Waals surface area contributed by atoms with Crippen LogP contribution < -0.4 is 5.32 Å². The number of para-hydroxylation sites is 1. The van der Waals surface area contributed by atoms with Crippen LogP contribution in [-0.2, 0) is 0 Å². The Labute approximate surface area is 95.8 Å². The summed E-state index contributed by atoms with van der Waals surface area (Å²) in [5.41, 5.74) is 1.27. The molecule has 0 saturated heterocycles. The maximum Gasteiger partial charge on any atom is 0.272 e. The third-order valence-corrected chi connectivity index (χ3v) is 2.86. The number of amides is 1. The van der Waals surface area contributed by atoms with Crippen LogP contribution in [0.4, 0.5) is 5.69 Å². The zero-order chi connectivity index (χ0) is 10.7. The summed E-state index contributed by atoms with van der Waals surface area (Å²) < 4.78 is 0.605. The molecule has 3 nitrogen and oxygen atoms in total. The molecule has 0 unspecified atom stereocenters. The van der Waals surface area contributed by atoms with Crippen molar-refractivity contribution in [1.29, 1.82) is 0 Å². The van der Waals surface area contributed by atoms with Gasteiger partial charge in [-0.2, -0.15) is 0 Å². The number of carbonyl (C=O) groups excluding carboxylic acids is 1. The van der Waals surface area contributed by atoms with Crippen molar-refractivity contribution in [2.75, 3.05) is 5.32 Å². The third-order valence-electron chi connectivity index (χ3n) is 1.80. The van der Waals surface area contributed by atoms with Crippen LogP contribution in [0.3, 0.4) is 0 Å². The van der Waals surface area contributed by atoms with Crippen LogP contribution in [-0.4, -0.2) is 10.9 Å². The van der Waals surface area contributed by atoms with E-state index in [9.17, 15) is 4.79 Å². The number of hydrogen-bond donors (Lipinski definition) is 2. The van der Waals surface area contributed by atoms with Crippen molar-refractivity contribution in [2.45, 2.75) is 0 Å². The molecule has 0 aliphatic heterocycles. The van der Waals surface area contributed by atoms with Gasteiger partial charge in [-0.3, -0.25) is 4.79 Å². The molecule has 5 heteroatoms. The fourth-order valence-electron chi connectivity index (χ4n) is 1.11. The molecular formula is C10H8N2OS2. The van der Waals surface area contributed by atoms with Gasteiger partial charge >= 0.3 is 0 Å². The van der Waals surface area contributed by atoms with Gasteiger partial charge in [0.25, 0.3) is 5.91 Å². The van der Waals surface area contributed by atoms with E-state index in [4.69, 9.17) is 12.2 Å². The molecule has 0 radical (unpaired) electrons. The molecule has 1 heterocycles. The lowest BCUT2D eigenvalue weighted by molar-refractivity contribution is 0.102. The number of rotatable bonds is 2. The minimum absolute atomic E-state index is 0.173. The summed E-state index contributed by atoms with van der Waals surface area (Å²) in [6.45, 7) is 0. The van der Waals surface area contributed by atoms with Gasteiger partial charge < -0.3 is 10.3 Å². The van der Waals surface area contributed by atoms with Gasteiger partial charge in [-0.1, -0.05) is 18.2 Å². The van der Waals surface area contributed by atoms with E-state index in [0.717, 1.165) is 5.69 Å². The molecule has 0 spiro atoms. The Morgan fingerprint density at radius 2 is 2.07 bits per heavy atom.